The van der Waals surface area contributed by atoms with E-state index < -0.39 is 0 Å². The lowest BCUT2D eigenvalue weighted by molar-refractivity contribution is 0.947. The predicted octanol–water partition coefficient (Wildman–Crippen LogP) is 3.15. The standard InChI is InChI=1S/C12H10BrCl2N3/c1-2-5-18(12-16-3-4-17-12)11-9(14)6-8(13)7-10(11)15/h1,6-7H,3-5H2,(H,16,17). The van der Waals surface area contributed by atoms with Gasteiger partial charge in [0.15, 0.2) is 5.96 Å². The Kier molecular flexibility index (Phi) is 4.39. The van der Waals surface area contributed by atoms with Crippen molar-refractivity contribution in [1.82, 2.24) is 5.32 Å². The number of hydrogen-bond acceptors (Lipinski definition) is 3. The third kappa shape index (κ3) is 2.74. The number of nitrogens with zero attached hydrogens (tertiary/aromatic N) is 2. The summed E-state index contributed by atoms with van der Waals surface area (Å²) in [5.74, 6) is 3.30. The van der Waals surface area contributed by atoms with Crippen molar-refractivity contribution in [3.8, 4) is 12.3 Å². The van der Waals surface area contributed by atoms with Crippen molar-refractivity contribution in [1.29, 1.82) is 0 Å². The van der Waals surface area contributed by atoms with Crippen LogP contribution in [-0.4, -0.2) is 25.6 Å². The summed E-state index contributed by atoms with van der Waals surface area (Å²) < 4.78 is 0.822. The number of benzene rings is 1. The van der Waals surface area contributed by atoms with E-state index >= 15 is 0 Å². The number of rotatable bonds is 2. The minimum atomic E-state index is 0.354. The van der Waals surface area contributed by atoms with Gasteiger partial charge < -0.3 is 5.32 Å². The van der Waals surface area contributed by atoms with E-state index in [-0.39, 0.29) is 0 Å². The van der Waals surface area contributed by atoms with Gasteiger partial charge in [0, 0.05) is 11.0 Å². The smallest absolute Gasteiger partial charge is 0.199 e. The number of terminal acetylenes is 1. The molecule has 1 N–H and O–H groups in total. The lowest BCUT2D eigenvalue weighted by Crippen LogP contribution is -2.39. The summed E-state index contributed by atoms with van der Waals surface area (Å²) in [5, 5.41) is 4.22. The summed E-state index contributed by atoms with van der Waals surface area (Å²) >= 11 is 15.8. The van der Waals surface area contributed by atoms with Gasteiger partial charge in [0.2, 0.25) is 0 Å². The number of halogens is 3. The number of guanidine groups is 1. The maximum atomic E-state index is 6.24. The van der Waals surface area contributed by atoms with Crippen molar-refractivity contribution in [2.24, 2.45) is 4.99 Å². The molecule has 0 radical (unpaired) electrons. The molecule has 0 saturated heterocycles. The Bertz CT molecular complexity index is 514. The van der Waals surface area contributed by atoms with E-state index in [4.69, 9.17) is 29.6 Å². The maximum Gasteiger partial charge on any atom is 0.199 e. The normalized spacial score (nSPS) is 13.8. The van der Waals surface area contributed by atoms with Crippen molar-refractivity contribution in [2.75, 3.05) is 24.5 Å². The SMILES string of the molecule is C#CCN(C1=NCCN1)c1c(Cl)cc(Br)cc1Cl. The molecule has 0 saturated carbocycles. The average molecular weight is 347 g/mol. The Labute approximate surface area is 124 Å². The van der Waals surface area contributed by atoms with Crippen LogP contribution in [0, 0.1) is 12.3 Å². The second-order valence-electron chi connectivity index (χ2n) is 3.64. The van der Waals surface area contributed by atoms with Crippen molar-refractivity contribution in [3.05, 3.63) is 26.7 Å². The molecule has 0 unspecified atom stereocenters. The Morgan fingerprint density at radius 3 is 2.61 bits per heavy atom. The molecule has 6 heteroatoms. The van der Waals surface area contributed by atoms with E-state index in [2.05, 4.69) is 32.2 Å². The zero-order valence-electron chi connectivity index (χ0n) is 9.38. The molecular formula is C12H10BrCl2N3. The van der Waals surface area contributed by atoms with Crippen LogP contribution in [0.3, 0.4) is 0 Å². The average Bonchev–Trinajstić information content (AvgIpc) is 2.79. The summed E-state index contributed by atoms with van der Waals surface area (Å²) in [7, 11) is 0. The minimum Gasteiger partial charge on any atom is -0.354 e. The van der Waals surface area contributed by atoms with Crippen LogP contribution in [0.5, 0.6) is 0 Å². The van der Waals surface area contributed by atoms with Crippen molar-refractivity contribution < 1.29 is 0 Å². The van der Waals surface area contributed by atoms with Gasteiger partial charge in [-0.1, -0.05) is 45.1 Å². The highest BCUT2D eigenvalue weighted by Gasteiger charge is 2.21. The number of hydrogen-bond donors (Lipinski definition) is 1. The fraction of sp³-hybridized carbons (Fsp3) is 0.250. The minimum absolute atomic E-state index is 0.354. The van der Waals surface area contributed by atoms with Crippen LogP contribution < -0.4 is 10.2 Å². The van der Waals surface area contributed by atoms with Crippen LogP contribution in [-0.2, 0) is 0 Å². The molecule has 1 heterocycles. The molecule has 0 atom stereocenters. The molecule has 18 heavy (non-hydrogen) atoms. The van der Waals surface area contributed by atoms with Crippen LogP contribution in [0.25, 0.3) is 0 Å². The first-order chi connectivity index (χ1) is 8.63. The Balaban J connectivity index is 2.46. The summed E-state index contributed by atoms with van der Waals surface area (Å²) in [6.07, 6.45) is 5.39. The van der Waals surface area contributed by atoms with Gasteiger partial charge in [-0.05, 0) is 12.1 Å². The third-order valence-corrected chi connectivity index (χ3v) is 3.45. The molecule has 0 bridgehead atoms. The molecule has 0 spiro atoms. The molecule has 0 amide bonds. The topological polar surface area (TPSA) is 27.6 Å². The van der Waals surface area contributed by atoms with E-state index in [1.54, 1.807) is 12.1 Å². The van der Waals surface area contributed by atoms with E-state index in [0.29, 0.717) is 28.2 Å². The van der Waals surface area contributed by atoms with Crippen LogP contribution in [0.1, 0.15) is 0 Å². The number of anilines is 1. The van der Waals surface area contributed by atoms with E-state index in [1.807, 2.05) is 4.90 Å². The van der Waals surface area contributed by atoms with Gasteiger partial charge in [-0.2, -0.15) is 0 Å². The second-order valence-corrected chi connectivity index (χ2v) is 5.37. The monoisotopic (exact) mass is 345 g/mol. The highest BCUT2D eigenvalue weighted by molar-refractivity contribution is 9.10. The highest BCUT2D eigenvalue weighted by Crippen LogP contribution is 2.36. The molecule has 1 aromatic rings. The summed E-state index contributed by atoms with van der Waals surface area (Å²) in [5.41, 5.74) is 0.674. The van der Waals surface area contributed by atoms with Crippen LogP contribution in [0.15, 0.2) is 21.6 Å². The van der Waals surface area contributed by atoms with Crippen LogP contribution in [0.2, 0.25) is 10.0 Å². The Morgan fingerprint density at radius 2 is 2.11 bits per heavy atom. The van der Waals surface area contributed by atoms with Gasteiger partial charge in [0.1, 0.15) is 0 Å². The summed E-state index contributed by atoms with van der Waals surface area (Å²) in [4.78, 5) is 6.15. The van der Waals surface area contributed by atoms with Gasteiger partial charge in [-0.25, -0.2) is 0 Å². The molecule has 1 aliphatic rings. The molecule has 2 rings (SSSR count). The Morgan fingerprint density at radius 1 is 1.44 bits per heavy atom. The lowest BCUT2D eigenvalue weighted by atomic mass is 10.3. The van der Waals surface area contributed by atoms with Gasteiger partial charge in [-0.15, -0.1) is 6.42 Å². The van der Waals surface area contributed by atoms with Crippen molar-refractivity contribution in [2.45, 2.75) is 0 Å². The number of aliphatic imine (C=N–C) groups is 1. The van der Waals surface area contributed by atoms with Gasteiger partial charge in [0.05, 0.1) is 28.8 Å². The van der Waals surface area contributed by atoms with Gasteiger partial charge >= 0.3 is 0 Å². The van der Waals surface area contributed by atoms with Crippen LogP contribution >= 0.6 is 39.1 Å². The summed E-state index contributed by atoms with van der Waals surface area (Å²) in [6.45, 7) is 1.87. The molecule has 1 aliphatic heterocycles. The molecule has 0 aromatic heterocycles. The number of nitrogens with one attached hydrogen (secondary N) is 1. The van der Waals surface area contributed by atoms with Crippen LogP contribution in [0.4, 0.5) is 5.69 Å². The first-order valence-corrected chi connectivity index (χ1v) is 6.82. The maximum absolute atomic E-state index is 6.24. The quantitative estimate of drug-likeness (QED) is 0.833. The fourth-order valence-electron chi connectivity index (χ4n) is 1.71. The van der Waals surface area contributed by atoms with Crippen molar-refractivity contribution >= 4 is 50.8 Å². The van der Waals surface area contributed by atoms with Crippen molar-refractivity contribution in [3.63, 3.8) is 0 Å². The van der Waals surface area contributed by atoms with Gasteiger partial charge in [0.25, 0.3) is 0 Å². The third-order valence-electron chi connectivity index (χ3n) is 2.41. The fourth-order valence-corrected chi connectivity index (χ4v) is 3.12. The van der Waals surface area contributed by atoms with Gasteiger partial charge in [-0.3, -0.25) is 9.89 Å². The first kappa shape index (κ1) is 13.5. The van der Waals surface area contributed by atoms with E-state index in [0.717, 1.165) is 17.6 Å². The molecule has 1 aromatic carbocycles. The van der Waals surface area contributed by atoms with E-state index in [9.17, 15) is 0 Å². The molecular weight excluding hydrogens is 337 g/mol. The molecule has 0 aliphatic carbocycles. The highest BCUT2D eigenvalue weighted by atomic mass is 79.9. The summed E-state index contributed by atoms with van der Waals surface area (Å²) in [6, 6.07) is 3.56. The zero-order valence-corrected chi connectivity index (χ0v) is 12.5. The molecule has 94 valence electrons. The Hall–Kier alpha value is -0.890. The van der Waals surface area contributed by atoms with E-state index in [1.165, 1.54) is 0 Å². The second kappa shape index (κ2) is 5.83. The molecule has 0 fully saturated rings. The largest absolute Gasteiger partial charge is 0.354 e. The first-order valence-electron chi connectivity index (χ1n) is 5.27. The molecule has 3 nitrogen and oxygen atoms in total. The predicted molar refractivity (Wildman–Crippen MR) is 80.6 cm³/mol. The lowest BCUT2D eigenvalue weighted by Gasteiger charge is -2.24. The zero-order chi connectivity index (χ0) is 13.1.